The van der Waals surface area contributed by atoms with Crippen LogP contribution in [0.15, 0.2) is 16.8 Å². The molecule has 0 aromatic carbocycles. The topological polar surface area (TPSA) is 55.1 Å². The Hall–Kier alpha value is -0.870. The summed E-state index contributed by atoms with van der Waals surface area (Å²) in [6, 6.07) is 2.10. The number of thiophene rings is 1. The summed E-state index contributed by atoms with van der Waals surface area (Å²) in [7, 11) is 0. The van der Waals surface area contributed by atoms with Crippen molar-refractivity contribution in [2.75, 3.05) is 13.1 Å². The van der Waals surface area contributed by atoms with E-state index in [1.807, 2.05) is 0 Å². The molecule has 1 aromatic heterocycles. The smallest absolute Gasteiger partial charge is 0.220 e. The fourth-order valence-corrected chi connectivity index (χ4v) is 2.75. The Bertz CT molecular complexity index is 336. The molecular formula is C14H24N2OS. The second-order valence-corrected chi connectivity index (χ2v) is 5.95. The molecule has 0 fully saturated rings. The summed E-state index contributed by atoms with van der Waals surface area (Å²) >= 11 is 1.69. The Labute approximate surface area is 114 Å². The van der Waals surface area contributed by atoms with Crippen molar-refractivity contribution in [3.8, 4) is 0 Å². The van der Waals surface area contributed by atoms with E-state index in [0.29, 0.717) is 31.3 Å². The average molecular weight is 268 g/mol. The van der Waals surface area contributed by atoms with Crippen LogP contribution in [0.1, 0.15) is 32.3 Å². The van der Waals surface area contributed by atoms with Crippen LogP contribution in [0.5, 0.6) is 0 Å². The second-order valence-electron chi connectivity index (χ2n) is 5.17. The summed E-state index contributed by atoms with van der Waals surface area (Å²) in [5.74, 6) is 1.03. The summed E-state index contributed by atoms with van der Waals surface area (Å²) in [5, 5.41) is 7.15. The molecule has 1 heterocycles. The molecule has 0 radical (unpaired) electrons. The lowest BCUT2D eigenvalue weighted by Gasteiger charge is -2.16. The maximum atomic E-state index is 11.8. The number of carbonyl (C=O) groups is 1. The van der Waals surface area contributed by atoms with Crippen LogP contribution in [0, 0.1) is 11.8 Å². The van der Waals surface area contributed by atoms with Gasteiger partial charge in [0.05, 0.1) is 0 Å². The van der Waals surface area contributed by atoms with Gasteiger partial charge in [-0.3, -0.25) is 4.79 Å². The zero-order chi connectivity index (χ0) is 13.4. The Morgan fingerprint density at radius 2 is 2.28 bits per heavy atom. The molecule has 3 nitrogen and oxygen atoms in total. The maximum absolute atomic E-state index is 11.8. The summed E-state index contributed by atoms with van der Waals surface area (Å²) in [6.07, 6.45) is 2.49. The number of carbonyl (C=O) groups excluding carboxylic acids is 1. The van der Waals surface area contributed by atoms with E-state index < -0.39 is 0 Å². The third-order valence-corrected chi connectivity index (χ3v) is 3.66. The molecule has 0 unspecified atom stereocenters. The van der Waals surface area contributed by atoms with Gasteiger partial charge < -0.3 is 11.1 Å². The number of nitrogens with one attached hydrogen (secondary N) is 1. The third-order valence-electron chi connectivity index (χ3n) is 2.93. The normalized spacial score (nSPS) is 12.7. The molecule has 0 aliphatic rings. The first-order valence-electron chi connectivity index (χ1n) is 6.59. The number of nitrogens with two attached hydrogens (primary N) is 1. The van der Waals surface area contributed by atoms with Gasteiger partial charge in [0, 0.05) is 13.0 Å². The van der Waals surface area contributed by atoms with Crippen molar-refractivity contribution in [1.29, 1.82) is 0 Å². The first-order chi connectivity index (χ1) is 8.61. The first kappa shape index (κ1) is 15.2. The van der Waals surface area contributed by atoms with Gasteiger partial charge in [-0.15, -0.1) is 0 Å². The summed E-state index contributed by atoms with van der Waals surface area (Å²) in [4.78, 5) is 11.8. The SMILES string of the molecule is CC(C)C[C@H](CN)CC(=O)NCCc1ccsc1. The van der Waals surface area contributed by atoms with E-state index in [1.54, 1.807) is 11.3 Å². The van der Waals surface area contributed by atoms with E-state index in [1.165, 1.54) is 5.56 Å². The highest BCUT2D eigenvalue weighted by Gasteiger charge is 2.13. The van der Waals surface area contributed by atoms with Gasteiger partial charge in [-0.1, -0.05) is 13.8 Å². The van der Waals surface area contributed by atoms with Crippen molar-refractivity contribution >= 4 is 17.2 Å². The predicted octanol–water partition coefficient (Wildman–Crippen LogP) is 2.42. The van der Waals surface area contributed by atoms with E-state index in [-0.39, 0.29) is 5.91 Å². The highest BCUT2D eigenvalue weighted by atomic mass is 32.1. The van der Waals surface area contributed by atoms with Gasteiger partial charge in [-0.05, 0) is 53.6 Å². The van der Waals surface area contributed by atoms with Crippen LogP contribution < -0.4 is 11.1 Å². The van der Waals surface area contributed by atoms with Crippen molar-refractivity contribution in [1.82, 2.24) is 5.32 Å². The fourth-order valence-electron chi connectivity index (χ4n) is 2.05. The first-order valence-corrected chi connectivity index (χ1v) is 7.54. The second kappa shape index (κ2) is 8.27. The van der Waals surface area contributed by atoms with E-state index in [2.05, 4.69) is 36.0 Å². The van der Waals surface area contributed by atoms with Gasteiger partial charge in [0.2, 0.25) is 5.91 Å². The highest BCUT2D eigenvalue weighted by molar-refractivity contribution is 7.07. The van der Waals surface area contributed by atoms with Crippen LogP contribution in [-0.2, 0) is 11.2 Å². The molecule has 0 saturated carbocycles. The Morgan fingerprint density at radius 3 is 2.83 bits per heavy atom. The number of rotatable bonds is 8. The van der Waals surface area contributed by atoms with E-state index in [4.69, 9.17) is 5.73 Å². The Balaban J connectivity index is 2.19. The minimum atomic E-state index is 0.126. The lowest BCUT2D eigenvalue weighted by molar-refractivity contribution is -0.122. The third kappa shape index (κ3) is 6.17. The molecule has 0 spiro atoms. The predicted molar refractivity (Wildman–Crippen MR) is 77.6 cm³/mol. The number of hydrogen-bond donors (Lipinski definition) is 2. The van der Waals surface area contributed by atoms with Crippen molar-refractivity contribution in [3.05, 3.63) is 22.4 Å². The van der Waals surface area contributed by atoms with Crippen LogP contribution >= 0.6 is 11.3 Å². The van der Waals surface area contributed by atoms with Crippen LogP contribution in [0.2, 0.25) is 0 Å². The molecule has 1 aromatic rings. The van der Waals surface area contributed by atoms with Crippen molar-refractivity contribution in [3.63, 3.8) is 0 Å². The quantitative estimate of drug-likeness (QED) is 0.761. The molecule has 102 valence electrons. The standard InChI is InChI=1S/C14H24N2OS/c1-11(2)7-13(9-15)8-14(17)16-5-3-12-4-6-18-10-12/h4,6,10-11,13H,3,5,7-9,15H2,1-2H3,(H,16,17)/t13-/m0/s1. The Morgan fingerprint density at radius 1 is 1.50 bits per heavy atom. The summed E-state index contributed by atoms with van der Waals surface area (Å²) < 4.78 is 0. The molecule has 1 atom stereocenters. The van der Waals surface area contributed by atoms with Gasteiger partial charge in [0.1, 0.15) is 0 Å². The fraction of sp³-hybridized carbons (Fsp3) is 0.643. The van der Waals surface area contributed by atoms with E-state index >= 15 is 0 Å². The van der Waals surface area contributed by atoms with Gasteiger partial charge in [0.25, 0.3) is 0 Å². The minimum Gasteiger partial charge on any atom is -0.356 e. The van der Waals surface area contributed by atoms with Gasteiger partial charge in [-0.2, -0.15) is 11.3 Å². The summed E-state index contributed by atoms with van der Waals surface area (Å²) in [5.41, 5.74) is 6.99. The molecular weight excluding hydrogens is 244 g/mol. The molecule has 18 heavy (non-hydrogen) atoms. The van der Waals surface area contributed by atoms with Crippen LogP contribution in [0.25, 0.3) is 0 Å². The van der Waals surface area contributed by atoms with Gasteiger partial charge in [0.15, 0.2) is 0 Å². The largest absolute Gasteiger partial charge is 0.356 e. The van der Waals surface area contributed by atoms with Crippen molar-refractivity contribution < 1.29 is 4.79 Å². The molecule has 0 saturated heterocycles. The zero-order valence-corrected chi connectivity index (χ0v) is 12.1. The molecule has 0 aliphatic carbocycles. The monoisotopic (exact) mass is 268 g/mol. The highest BCUT2D eigenvalue weighted by Crippen LogP contribution is 2.14. The number of amides is 1. The molecule has 0 aliphatic heterocycles. The van der Waals surface area contributed by atoms with Gasteiger partial charge in [-0.25, -0.2) is 0 Å². The van der Waals surface area contributed by atoms with Crippen LogP contribution in [-0.4, -0.2) is 19.0 Å². The zero-order valence-electron chi connectivity index (χ0n) is 11.3. The maximum Gasteiger partial charge on any atom is 0.220 e. The van der Waals surface area contributed by atoms with Crippen LogP contribution in [0.4, 0.5) is 0 Å². The molecule has 1 amide bonds. The van der Waals surface area contributed by atoms with E-state index in [0.717, 1.165) is 12.8 Å². The minimum absolute atomic E-state index is 0.126. The summed E-state index contributed by atoms with van der Waals surface area (Å²) in [6.45, 7) is 5.64. The lowest BCUT2D eigenvalue weighted by Crippen LogP contribution is -2.30. The van der Waals surface area contributed by atoms with Crippen molar-refractivity contribution in [2.24, 2.45) is 17.6 Å². The van der Waals surface area contributed by atoms with E-state index in [9.17, 15) is 4.79 Å². The molecule has 0 bridgehead atoms. The lowest BCUT2D eigenvalue weighted by atomic mass is 9.94. The average Bonchev–Trinajstić information content (AvgIpc) is 2.80. The van der Waals surface area contributed by atoms with Crippen LogP contribution in [0.3, 0.4) is 0 Å². The molecule has 4 heteroatoms. The molecule has 3 N–H and O–H groups in total. The number of hydrogen-bond acceptors (Lipinski definition) is 3. The van der Waals surface area contributed by atoms with Gasteiger partial charge >= 0.3 is 0 Å². The van der Waals surface area contributed by atoms with Crippen molar-refractivity contribution in [2.45, 2.75) is 33.1 Å². The Kier molecular flexibility index (Phi) is 6.98. The molecule has 1 rings (SSSR count).